The molecule has 0 saturated heterocycles. The lowest BCUT2D eigenvalue weighted by molar-refractivity contribution is 0.103. The van der Waals surface area contributed by atoms with Gasteiger partial charge in [0, 0.05) is 11.1 Å². The third-order valence-electron chi connectivity index (χ3n) is 2.43. The van der Waals surface area contributed by atoms with Crippen molar-refractivity contribution >= 4 is 16.0 Å². The smallest absolute Gasteiger partial charge is 0.289 e. The van der Waals surface area contributed by atoms with Crippen molar-refractivity contribution in [1.82, 2.24) is 0 Å². The van der Waals surface area contributed by atoms with Crippen LogP contribution in [0.2, 0.25) is 0 Å². The number of rotatable bonds is 3. The van der Waals surface area contributed by atoms with Gasteiger partial charge >= 0.3 is 10.2 Å². The molecule has 0 aliphatic carbocycles. The molecule has 0 aliphatic heterocycles. The number of ketones is 1. The van der Waals surface area contributed by atoms with Gasteiger partial charge in [0.25, 0.3) is 0 Å². The minimum absolute atomic E-state index is 0.238. The SMILES string of the molecule is O=C(c1ccccc1)c1ccc(S(=O)(=O)F)cc1. The van der Waals surface area contributed by atoms with Gasteiger partial charge in [-0.05, 0) is 24.3 Å². The fraction of sp³-hybridized carbons (Fsp3) is 0. The van der Waals surface area contributed by atoms with Crippen molar-refractivity contribution < 1.29 is 17.1 Å². The summed E-state index contributed by atoms with van der Waals surface area (Å²) in [5.41, 5.74) is 0.807. The Balaban J connectivity index is 2.34. The maximum absolute atomic E-state index is 12.7. The van der Waals surface area contributed by atoms with Crippen molar-refractivity contribution in [2.24, 2.45) is 0 Å². The lowest BCUT2D eigenvalue weighted by atomic mass is 10.0. The molecule has 92 valence electrons. The molecule has 0 amide bonds. The molecule has 0 heterocycles. The number of hydrogen-bond acceptors (Lipinski definition) is 3. The molecule has 2 aromatic carbocycles. The molecule has 0 saturated carbocycles. The zero-order valence-electron chi connectivity index (χ0n) is 9.21. The Morgan fingerprint density at radius 2 is 1.33 bits per heavy atom. The summed E-state index contributed by atoms with van der Waals surface area (Å²) in [6, 6.07) is 13.3. The largest absolute Gasteiger partial charge is 0.332 e. The molecular formula is C13H9FO3S. The fourth-order valence-corrected chi connectivity index (χ4v) is 1.99. The predicted octanol–water partition coefficient (Wildman–Crippen LogP) is 2.58. The second-order valence-corrected chi connectivity index (χ2v) is 5.00. The van der Waals surface area contributed by atoms with Gasteiger partial charge in [0.1, 0.15) is 0 Å². The van der Waals surface area contributed by atoms with E-state index in [-0.39, 0.29) is 5.78 Å². The summed E-state index contributed by atoms with van der Waals surface area (Å²) in [5.74, 6) is -0.238. The normalized spacial score (nSPS) is 11.2. The molecule has 0 atom stereocenters. The fourth-order valence-electron chi connectivity index (χ4n) is 1.53. The number of hydrogen-bond donors (Lipinski definition) is 0. The second kappa shape index (κ2) is 4.70. The van der Waals surface area contributed by atoms with Crippen molar-refractivity contribution in [3.05, 3.63) is 65.7 Å². The molecule has 0 fully saturated rings. The van der Waals surface area contributed by atoms with Crippen molar-refractivity contribution in [3.8, 4) is 0 Å². The Labute approximate surface area is 104 Å². The number of carbonyl (C=O) groups is 1. The average molecular weight is 264 g/mol. The topological polar surface area (TPSA) is 51.2 Å². The molecule has 18 heavy (non-hydrogen) atoms. The first-order valence-electron chi connectivity index (χ1n) is 5.13. The highest BCUT2D eigenvalue weighted by molar-refractivity contribution is 7.86. The molecule has 0 aliphatic rings. The Bertz CT molecular complexity index is 661. The molecule has 2 aromatic rings. The quantitative estimate of drug-likeness (QED) is 0.632. The van der Waals surface area contributed by atoms with Gasteiger partial charge in [-0.25, -0.2) is 0 Å². The van der Waals surface area contributed by atoms with Crippen LogP contribution in [-0.4, -0.2) is 14.2 Å². The molecule has 2 rings (SSSR count). The summed E-state index contributed by atoms with van der Waals surface area (Å²) in [5, 5.41) is 0. The first-order chi connectivity index (χ1) is 8.48. The van der Waals surface area contributed by atoms with E-state index in [1.807, 2.05) is 0 Å². The van der Waals surface area contributed by atoms with Crippen molar-refractivity contribution in [1.29, 1.82) is 0 Å². The third kappa shape index (κ3) is 2.62. The van der Waals surface area contributed by atoms with Gasteiger partial charge < -0.3 is 0 Å². The van der Waals surface area contributed by atoms with Gasteiger partial charge in [-0.3, -0.25) is 4.79 Å². The van der Waals surface area contributed by atoms with Gasteiger partial charge in [0.2, 0.25) is 0 Å². The minimum atomic E-state index is -4.72. The molecule has 0 spiro atoms. The van der Waals surface area contributed by atoms with Crippen LogP contribution in [0.4, 0.5) is 3.89 Å². The maximum atomic E-state index is 12.7. The summed E-state index contributed by atoms with van der Waals surface area (Å²) in [4.78, 5) is 11.5. The zero-order valence-corrected chi connectivity index (χ0v) is 10.0. The first-order valence-corrected chi connectivity index (χ1v) is 6.51. The summed E-state index contributed by atoms with van der Waals surface area (Å²) in [6.45, 7) is 0. The van der Waals surface area contributed by atoms with Crippen LogP contribution >= 0.6 is 0 Å². The highest BCUT2D eigenvalue weighted by atomic mass is 32.3. The van der Waals surface area contributed by atoms with Gasteiger partial charge in [0.15, 0.2) is 5.78 Å². The molecule has 5 heteroatoms. The Morgan fingerprint density at radius 3 is 1.83 bits per heavy atom. The van der Waals surface area contributed by atoms with E-state index in [0.29, 0.717) is 11.1 Å². The van der Waals surface area contributed by atoms with Crippen LogP contribution in [0.25, 0.3) is 0 Å². The van der Waals surface area contributed by atoms with Crippen molar-refractivity contribution in [2.45, 2.75) is 4.90 Å². The van der Waals surface area contributed by atoms with Crippen molar-refractivity contribution in [3.63, 3.8) is 0 Å². The number of benzene rings is 2. The van der Waals surface area contributed by atoms with E-state index in [2.05, 4.69) is 0 Å². The lowest BCUT2D eigenvalue weighted by Crippen LogP contribution is -2.01. The Kier molecular flexibility index (Phi) is 3.25. The van der Waals surface area contributed by atoms with E-state index < -0.39 is 15.1 Å². The average Bonchev–Trinajstić information content (AvgIpc) is 2.38. The van der Waals surface area contributed by atoms with Gasteiger partial charge in [-0.1, -0.05) is 30.3 Å². The van der Waals surface area contributed by atoms with Crippen molar-refractivity contribution in [2.75, 3.05) is 0 Å². The van der Waals surface area contributed by atoms with E-state index in [1.54, 1.807) is 30.3 Å². The molecular weight excluding hydrogens is 255 g/mol. The van der Waals surface area contributed by atoms with E-state index >= 15 is 0 Å². The van der Waals surface area contributed by atoms with Gasteiger partial charge in [-0.15, -0.1) is 3.89 Å². The highest BCUT2D eigenvalue weighted by Crippen LogP contribution is 2.15. The van der Waals surface area contributed by atoms with Crippen LogP contribution in [-0.2, 0) is 10.2 Å². The molecule has 0 unspecified atom stereocenters. The zero-order chi connectivity index (χ0) is 13.2. The number of halogens is 1. The van der Waals surface area contributed by atoms with Crippen LogP contribution in [0, 0.1) is 0 Å². The summed E-state index contributed by atoms with van der Waals surface area (Å²) >= 11 is 0. The maximum Gasteiger partial charge on any atom is 0.332 e. The van der Waals surface area contributed by atoms with E-state index in [9.17, 15) is 17.1 Å². The van der Waals surface area contributed by atoms with Crippen LogP contribution in [0.3, 0.4) is 0 Å². The second-order valence-electron chi connectivity index (χ2n) is 3.66. The molecule has 0 N–H and O–H groups in total. The van der Waals surface area contributed by atoms with Crippen LogP contribution in [0.15, 0.2) is 59.5 Å². The number of carbonyl (C=O) groups excluding carboxylic acids is 1. The van der Waals surface area contributed by atoms with E-state index in [0.717, 1.165) is 12.1 Å². The molecule has 3 nitrogen and oxygen atoms in total. The third-order valence-corrected chi connectivity index (χ3v) is 3.27. The van der Waals surface area contributed by atoms with Gasteiger partial charge in [0.05, 0.1) is 4.90 Å². The lowest BCUT2D eigenvalue weighted by Gasteiger charge is -2.01. The van der Waals surface area contributed by atoms with E-state index in [4.69, 9.17) is 0 Å². The molecule has 0 radical (unpaired) electrons. The van der Waals surface area contributed by atoms with Crippen LogP contribution in [0.5, 0.6) is 0 Å². The summed E-state index contributed by atoms with van der Waals surface area (Å²) in [7, 11) is -4.72. The minimum Gasteiger partial charge on any atom is -0.289 e. The Morgan fingerprint density at radius 1 is 0.833 bits per heavy atom. The highest BCUT2D eigenvalue weighted by Gasteiger charge is 2.13. The molecule has 0 bridgehead atoms. The van der Waals surface area contributed by atoms with E-state index in [1.165, 1.54) is 12.1 Å². The Hall–Kier alpha value is -2.01. The first kappa shape index (κ1) is 12.4. The summed E-state index contributed by atoms with van der Waals surface area (Å²) < 4.78 is 33.9. The van der Waals surface area contributed by atoms with Crippen LogP contribution < -0.4 is 0 Å². The van der Waals surface area contributed by atoms with Crippen LogP contribution in [0.1, 0.15) is 15.9 Å². The predicted molar refractivity (Wildman–Crippen MR) is 64.6 cm³/mol. The standard InChI is InChI=1S/C13H9FO3S/c14-18(16,17)12-8-6-11(7-9-12)13(15)10-4-2-1-3-5-10/h1-9H. The molecule has 0 aromatic heterocycles. The summed E-state index contributed by atoms with van der Waals surface area (Å²) in [6.07, 6.45) is 0. The monoisotopic (exact) mass is 264 g/mol. The van der Waals surface area contributed by atoms with Gasteiger partial charge in [-0.2, -0.15) is 8.42 Å².